The molecule has 0 saturated heterocycles. The molecule has 68 valence electrons. The van der Waals surface area contributed by atoms with Crippen LogP contribution in [0.2, 0.25) is 0 Å². The highest BCUT2D eigenvalue weighted by Gasteiger charge is 1.99. The van der Waals surface area contributed by atoms with E-state index in [0.29, 0.717) is 6.54 Å². The minimum absolute atomic E-state index is 0.632. The van der Waals surface area contributed by atoms with E-state index in [9.17, 15) is 0 Å². The molecule has 0 fully saturated rings. The third-order valence-corrected chi connectivity index (χ3v) is 2.44. The van der Waals surface area contributed by atoms with E-state index in [4.69, 9.17) is 4.52 Å². The van der Waals surface area contributed by atoms with E-state index in [1.807, 2.05) is 18.4 Å². The van der Waals surface area contributed by atoms with E-state index >= 15 is 0 Å². The summed E-state index contributed by atoms with van der Waals surface area (Å²) < 4.78 is 4.93. The summed E-state index contributed by atoms with van der Waals surface area (Å²) in [6, 6.07) is 1.83. The summed E-state index contributed by atoms with van der Waals surface area (Å²) in [5.41, 5.74) is 1.03. The number of rotatable bonds is 3. The van der Waals surface area contributed by atoms with Gasteiger partial charge in [-0.3, -0.25) is 0 Å². The summed E-state index contributed by atoms with van der Waals surface area (Å²) in [6.45, 7) is 2.60. The summed E-state index contributed by atoms with van der Waals surface area (Å²) >= 11 is 1.59. The SMILES string of the molecule is Cc1csc(NCc2ccno2)n1. The standard InChI is InChI=1S/C8H9N3OS/c1-6-5-13-8(11-6)9-4-7-2-3-10-12-7/h2-3,5H,4H2,1H3,(H,9,11). The monoisotopic (exact) mass is 195 g/mol. The van der Waals surface area contributed by atoms with Gasteiger partial charge in [0.1, 0.15) is 0 Å². The Kier molecular flexibility index (Phi) is 2.27. The molecular formula is C8H9N3OS. The molecule has 2 heterocycles. The first kappa shape index (κ1) is 8.25. The van der Waals surface area contributed by atoms with Crippen LogP contribution in [0.1, 0.15) is 11.5 Å². The van der Waals surface area contributed by atoms with Crippen LogP contribution in [0.3, 0.4) is 0 Å². The average Bonchev–Trinajstić information content (AvgIpc) is 2.71. The number of anilines is 1. The minimum atomic E-state index is 0.632. The molecule has 5 heteroatoms. The molecule has 0 unspecified atom stereocenters. The molecule has 4 nitrogen and oxygen atoms in total. The average molecular weight is 195 g/mol. The minimum Gasteiger partial charge on any atom is -0.360 e. The molecule has 0 saturated carbocycles. The Morgan fingerprint density at radius 2 is 2.54 bits per heavy atom. The molecule has 1 N–H and O–H groups in total. The summed E-state index contributed by atoms with van der Waals surface area (Å²) in [7, 11) is 0. The van der Waals surface area contributed by atoms with Gasteiger partial charge in [0.05, 0.1) is 18.4 Å². The molecule has 2 aromatic rings. The van der Waals surface area contributed by atoms with Gasteiger partial charge in [0.25, 0.3) is 0 Å². The normalized spacial score (nSPS) is 10.2. The van der Waals surface area contributed by atoms with Crippen molar-refractivity contribution >= 4 is 16.5 Å². The highest BCUT2D eigenvalue weighted by atomic mass is 32.1. The van der Waals surface area contributed by atoms with E-state index in [1.54, 1.807) is 17.5 Å². The fourth-order valence-electron chi connectivity index (χ4n) is 0.931. The number of hydrogen-bond acceptors (Lipinski definition) is 5. The molecule has 0 bridgehead atoms. The Morgan fingerprint density at radius 1 is 1.62 bits per heavy atom. The summed E-state index contributed by atoms with van der Waals surface area (Å²) in [5.74, 6) is 0.813. The first-order valence-electron chi connectivity index (χ1n) is 3.90. The second kappa shape index (κ2) is 3.57. The quantitative estimate of drug-likeness (QED) is 0.814. The van der Waals surface area contributed by atoms with Crippen molar-refractivity contribution in [3.63, 3.8) is 0 Å². The largest absolute Gasteiger partial charge is 0.360 e. The van der Waals surface area contributed by atoms with Crippen LogP contribution in [-0.2, 0) is 6.54 Å². The fraction of sp³-hybridized carbons (Fsp3) is 0.250. The first-order valence-corrected chi connectivity index (χ1v) is 4.78. The molecule has 0 radical (unpaired) electrons. The molecule has 0 aromatic carbocycles. The number of hydrogen-bond donors (Lipinski definition) is 1. The molecule has 0 spiro atoms. The molecule has 0 aliphatic rings. The van der Waals surface area contributed by atoms with E-state index < -0.39 is 0 Å². The van der Waals surface area contributed by atoms with Crippen LogP contribution in [0.5, 0.6) is 0 Å². The lowest BCUT2D eigenvalue weighted by molar-refractivity contribution is 0.388. The van der Waals surface area contributed by atoms with Crippen LogP contribution in [0.15, 0.2) is 22.2 Å². The van der Waals surface area contributed by atoms with Gasteiger partial charge in [-0.1, -0.05) is 5.16 Å². The Labute approximate surface area is 79.6 Å². The Hall–Kier alpha value is -1.36. The zero-order valence-corrected chi connectivity index (χ0v) is 7.97. The second-order valence-electron chi connectivity index (χ2n) is 2.63. The van der Waals surface area contributed by atoms with Crippen LogP contribution in [0.25, 0.3) is 0 Å². The molecule has 2 aromatic heterocycles. The van der Waals surface area contributed by atoms with E-state index in [1.165, 1.54) is 0 Å². The van der Waals surface area contributed by atoms with Crippen molar-refractivity contribution in [2.75, 3.05) is 5.32 Å². The summed E-state index contributed by atoms with van der Waals surface area (Å²) in [6.07, 6.45) is 1.63. The number of aromatic nitrogens is 2. The topological polar surface area (TPSA) is 51.0 Å². The first-order chi connectivity index (χ1) is 6.34. The highest BCUT2D eigenvalue weighted by Crippen LogP contribution is 2.15. The molecule has 0 aliphatic heterocycles. The zero-order chi connectivity index (χ0) is 9.10. The molecule has 0 atom stereocenters. The maximum Gasteiger partial charge on any atom is 0.183 e. The Balaban J connectivity index is 1.93. The van der Waals surface area contributed by atoms with Gasteiger partial charge in [-0.05, 0) is 6.92 Å². The Morgan fingerprint density at radius 3 is 3.15 bits per heavy atom. The fourth-order valence-corrected chi connectivity index (χ4v) is 1.62. The second-order valence-corrected chi connectivity index (χ2v) is 3.48. The van der Waals surface area contributed by atoms with Crippen molar-refractivity contribution in [2.45, 2.75) is 13.5 Å². The lowest BCUT2D eigenvalue weighted by atomic mass is 10.5. The third kappa shape index (κ3) is 2.06. The van der Waals surface area contributed by atoms with E-state index in [0.717, 1.165) is 16.6 Å². The van der Waals surface area contributed by atoms with Gasteiger partial charge in [0.15, 0.2) is 10.9 Å². The Bertz CT molecular complexity index is 368. The van der Waals surface area contributed by atoms with Crippen molar-refractivity contribution in [1.29, 1.82) is 0 Å². The predicted molar refractivity (Wildman–Crippen MR) is 50.7 cm³/mol. The number of nitrogens with one attached hydrogen (secondary N) is 1. The van der Waals surface area contributed by atoms with Crippen LogP contribution >= 0.6 is 11.3 Å². The maximum atomic E-state index is 4.93. The van der Waals surface area contributed by atoms with Gasteiger partial charge >= 0.3 is 0 Å². The van der Waals surface area contributed by atoms with Gasteiger partial charge < -0.3 is 9.84 Å². The van der Waals surface area contributed by atoms with E-state index in [-0.39, 0.29) is 0 Å². The lowest BCUT2D eigenvalue weighted by Crippen LogP contribution is -1.97. The van der Waals surface area contributed by atoms with Gasteiger partial charge in [0.2, 0.25) is 0 Å². The number of nitrogens with zero attached hydrogens (tertiary/aromatic N) is 2. The van der Waals surface area contributed by atoms with Gasteiger partial charge in [-0.2, -0.15) is 0 Å². The van der Waals surface area contributed by atoms with Crippen molar-refractivity contribution in [3.05, 3.63) is 29.1 Å². The molecule has 13 heavy (non-hydrogen) atoms. The maximum absolute atomic E-state index is 4.93. The van der Waals surface area contributed by atoms with Crippen LogP contribution in [0, 0.1) is 6.92 Å². The lowest BCUT2D eigenvalue weighted by Gasteiger charge is -1.96. The van der Waals surface area contributed by atoms with Crippen LogP contribution < -0.4 is 5.32 Å². The van der Waals surface area contributed by atoms with Gasteiger partial charge in [0, 0.05) is 11.4 Å². The smallest absolute Gasteiger partial charge is 0.183 e. The number of thiazole rings is 1. The predicted octanol–water partition coefficient (Wildman–Crippen LogP) is 2.05. The molecule has 0 aliphatic carbocycles. The summed E-state index contributed by atoms with van der Waals surface area (Å²) in [5, 5.41) is 9.66. The molecule has 2 rings (SSSR count). The van der Waals surface area contributed by atoms with Crippen molar-refractivity contribution in [3.8, 4) is 0 Å². The zero-order valence-electron chi connectivity index (χ0n) is 7.15. The molecule has 0 amide bonds. The highest BCUT2D eigenvalue weighted by molar-refractivity contribution is 7.13. The van der Waals surface area contributed by atoms with Crippen molar-refractivity contribution < 1.29 is 4.52 Å². The van der Waals surface area contributed by atoms with Gasteiger partial charge in [-0.15, -0.1) is 11.3 Å². The molecular weight excluding hydrogens is 186 g/mol. The van der Waals surface area contributed by atoms with E-state index in [2.05, 4.69) is 15.5 Å². The van der Waals surface area contributed by atoms with Crippen LogP contribution in [-0.4, -0.2) is 10.1 Å². The summed E-state index contributed by atoms with van der Waals surface area (Å²) in [4.78, 5) is 4.26. The van der Waals surface area contributed by atoms with Crippen LogP contribution in [0.4, 0.5) is 5.13 Å². The van der Waals surface area contributed by atoms with Crippen molar-refractivity contribution in [2.24, 2.45) is 0 Å². The number of aryl methyl sites for hydroxylation is 1. The van der Waals surface area contributed by atoms with Gasteiger partial charge in [-0.25, -0.2) is 4.98 Å². The van der Waals surface area contributed by atoms with Crippen molar-refractivity contribution in [1.82, 2.24) is 10.1 Å². The third-order valence-electron chi connectivity index (χ3n) is 1.52.